The van der Waals surface area contributed by atoms with Gasteiger partial charge < -0.3 is 10.2 Å². The molecule has 90 valence electrons. The highest BCUT2D eigenvalue weighted by Gasteiger charge is 2.32. The molecule has 2 nitrogen and oxygen atoms in total. The lowest BCUT2D eigenvalue weighted by Crippen LogP contribution is -2.35. The summed E-state index contributed by atoms with van der Waals surface area (Å²) in [5.74, 6) is 0. The largest absolute Gasteiger partial charge is 0.390 e. The van der Waals surface area contributed by atoms with Crippen molar-refractivity contribution in [2.45, 2.75) is 71.0 Å². The molecule has 2 N–H and O–H groups in total. The Kier molecular flexibility index (Phi) is 5.54. The van der Waals surface area contributed by atoms with Crippen LogP contribution in [0.2, 0.25) is 0 Å². The molecule has 0 bridgehead atoms. The first-order chi connectivity index (χ1) is 6.87. The number of hydrogen-bond acceptors (Lipinski definition) is 2. The van der Waals surface area contributed by atoms with E-state index >= 15 is 0 Å². The highest BCUT2D eigenvalue weighted by atomic mass is 16.3. The number of hydrogen-bond donors (Lipinski definition) is 2. The van der Waals surface area contributed by atoms with Crippen LogP contribution < -0.4 is 0 Å². The Hall–Kier alpha value is -0.340. The van der Waals surface area contributed by atoms with Crippen LogP contribution in [0.5, 0.6) is 0 Å². The van der Waals surface area contributed by atoms with E-state index in [0.717, 1.165) is 5.57 Å². The average Bonchev–Trinajstić information content (AvgIpc) is 2.27. The Bertz CT molecular complexity index is 201. The van der Waals surface area contributed by atoms with Crippen molar-refractivity contribution in [3.05, 3.63) is 12.2 Å². The molecule has 0 aromatic heterocycles. The molecule has 0 aliphatic heterocycles. The lowest BCUT2D eigenvalue weighted by molar-refractivity contribution is 0.00839. The smallest absolute Gasteiger partial charge is 0.0850 e. The van der Waals surface area contributed by atoms with Crippen molar-refractivity contribution >= 4 is 0 Å². The zero-order chi connectivity index (χ0) is 12.1. The lowest BCUT2D eigenvalue weighted by Gasteiger charge is -2.34. The summed E-state index contributed by atoms with van der Waals surface area (Å²) in [6.45, 7) is 11.8. The van der Waals surface area contributed by atoms with Crippen molar-refractivity contribution in [1.82, 2.24) is 0 Å². The summed E-state index contributed by atoms with van der Waals surface area (Å²) < 4.78 is 0. The van der Waals surface area contributed by atoms with E-state index in [1.165, 1.54) is 0 Å². The molecule has 0 unspecified atom stereocenters. The van der Waals surface area contributed by atoms with Crippen LogP contribution >= 0.6 is 0 Å². The predicted molar refractivity (Wildman–Crippen MR) is 64.8 cm³/mol. The van der Waals surface area contributed by atoms with E-state index in [1.54, 1.807) is 0 Å². The Morgan fingerprint density at radius 3 is 1.60 bits per heavy atom. The predicted octanol–water partition coefficient (Wildman–Crippen LogP) is 3.03. The molecule has 0 atom stereocenters. The lowest BCUT2D eigenvalue weighted by atomic mass is 9.80. The van der Waals surface area contributed by atoms with E-state index in [2.05, 4.69) is 6.58 Å². The third kappa shape index (κ3) is 3.62. The highest BCUT2D eigenvalue weighted by Crippen LogP contribution is 2.32. The van der Waals surface area contributed by atoms with Crippen molar-refractivity contribution in [3.8, 4) is 0 Å². The third-order valence-corrected chi connectivity index (χ3v) is 3.69. The highest BCUT2D eigenvalue weighted by molar-refractivity contribution is 5.14. The minimum absolute atomic E-state index is 0.498. The van der Waals surface area contributed by atoms with E-state index in [1.807, 2.05) is 27.7 Å². The van der Waals surface area contributed by atoms with Gasteiger partial charge in [-0.1, -0.05) is 34.3 Å². The second-order valence-electron chi connectivity index (χ2n) is 4.45. The molecule has 0 fully saturated rings. The van der Waals surface area contributed by atoms with Gasteiger partial charge in [0.15, 0.2) is 0 Å². The van der Waals surface area contributed by atoms with Crippen LogP contribution in [0.1, 0.15) is 59.8 Å². The van der Waals surface area contributed by atoms with E-state index in [9.17, 15) is 10.2 Å². The zero-order valence-corrected chi connectivity index (χ0v) is 10.6. The topological polar surface area (TPSA) is 40.5 Å². The summed E-state index contributed by atoms with van der Waals surface area (Å²) in [7, 11) is 0. The molecular weight excluding hydrogens is 188 g/mol. The Morgan fingerprint density at radius 1 is 0.933 bits per heavy atom. The standard InChI is InChI=1S/C13H26O2/c1-6-12(14,7-2)10-11(5)13(15,8-3)9-4/h14-15H,5-10H2,1-4H3. The van der Waals surface area contributed by atoms with Crippen LogP contribution in [-0.2, 0) is 0 Å². The Balaban J connectivity index is 4.60. The maximum Gasteiger partial charge on any atom is 0.0850 e. The van der Waals surface area contributed by atoms with Gasteiger partial charge in [-0.3, -0.25) is 0 Å². The number of aliphatic hydroxyl groups is 2. The molecule has 15 heavy (non-hydrogen) atoms. The fourth-order valence-corrected chi connectivity index (χ4v) is 1.81. The van der Waals surface area contributed by atoms with E-state index in [4.69, 9.17) is 0 Å². The molecule has 0 saturated heterocycles. The van der Waals surface area contributed by atoms with Gasteiger partial charge in [-0.05, 0) is 37.7 Å². The van der Waals surface area contributed by atoms with E-state index in [-0.39, 0.29) is 0 Å². The molecule has 0 radical (unpaired) electrons. The van der Waals surface area contributed by atoms with Crippen molar-refractivity contribution in [3.63, 3.8) is 0 Å². The maximum atomic E-state index is 10.2. The minimum Gasteiger partial charge on any atom is -0.390 e. The van der Waals surface area contributed by atoms with Gasteiger partial charge in [0.25, 0.3) is 0 Å². The second kappa shape index (κ2) is 5.66. The van der Waals surface area contributed by atoms with Gasteiger partial charge in [0.2, 0.25) is 0 Å². The summed E-state index contributed by atoms with van der Waals surface area (Å²) in [6.07, 6.45) is 3.22. The van der Waals surface area contributed by atoms with Gasteiger partial charge in [0, 0.05) is 0 Å². The fourth-order valence-electron chi connectivity index (χ4n) is 1.81. The summed E-state index contributed by atoms with van der Waals surface area (Å²) in [4.78, 5) is 0. The fraction of sp³-hybridized carbons (Fsp3) is 0.846. The minimum atomic E-state index is -0.807. The molecule has 0 aromatic rings. The van der Waals surface area contributed by atoms with E-state index in [0.29, 0.717) is 32.1 Å². The van der Waals surface area contributed by atoms with Crippen LogP contribution in [0.15, 0.2) is 12.2 Å². The van der Waals surface area contributed by atoms with Crippen LogP contribution in [0, 0.1) is 0 Å². The molecule has 0 saturated carbocycles. The molecule has 0 amide bonds. The first kappa shape index (κ1) is 14.7. The van der Waals surface area contributed by atoms with E-state index < -0.39 is 11.2 Å². The number of rotatable bonds is 7. The molecule has 0 aromatic carbocycles. The molecular formula is C13H26O2. The third-order valence-electron chi connectivity index (χ3n) is 3.69. The quantitative estimate of drug-likeness (QED) is 0.639. The molecule has 0 rings (SSSR count). The Labute approximate surface area is 94.0 Å². The molecule has 0 spiro atoms. The monoisotopic (exact) mass is 214 g/mol. The molecule has 0 aliphatic rings. The summed E-state index contributed by atoms with van der Waals surface area (Å²) in [5.41, 5.74) is -0.744. The molecule has 0 aliphatic carbocycles. The summed E-state index contributed by atoms with van der Waals surface area (Å²) >= 11 is 0. The first-order valence-corrected chi connectivity index (χ1v) is 6.00. The van der Waals surface area contributed by atoms with Gasteiger partial charge in [-0.2, -0.15) is 0 Å². The van der Waals surface area contributed by atoms with Crippen molar-refractivity contribution < 1.29 is 10.2 Å². The van der Waals surface area contributed by atoms with Gasteiger partial charge in [-0.15, -0.1) is 0 Å². The molecule has 0 heterocycles. The molecule has 2 heteroatoms. The van der Waals surface area contributed by atoms with Crippen molar-refractivity contribution in [1.29, 1.82) is 0 Å². The first-order valence-electron chi connectivity index (χ1n) is 6.00. The van der Waals surface area contributed by atoms with Crippen LogP contribution in [0.4, 0.5) is 0 Å². The average molecular weight is 214 g/mol. The second-order valence-corrected chi connectivity index (χ2v) is 4.45. The summed E-state index contributed by atoms with van der Waals surface area (Å²) in [5, 5.41) is 20.4. The summed E-state index contributed by atoms with van der Waals surface area (Å²) in [6, 6.07) is 0. The van der Waals surface area contributed by atoms with Crippen molar-refractivity contribution in [2.24, 2.45) is 0 Å². The Morgan fingerprint density at radius 2 is 1.33 bits per heavy atom. The van der Waals surface area contributed by atoms with Crippen molar-refractivity contribution in [2.75, 3.05) is 0 Å². The van der Waals surface area contributed by atoms with Gasteiger partial charge in [0.05, 0.1) is 11.2 Å². The van der Waals surface area contributed by atoms with Crippen LogP contribution in [0.3, 0.4) is 0 Å². The van der Waals surface area contributed by atoms with Crippen LogP contribution in [0.25, 0.3) is 0 Å². The normalized spacial score (nSPS) is 12.9. The van der Waals surface area contributed by atoms with Crippen LogP contribution in [-0.4, -0.2) is 21.4 Å². The SMILES string of the molecule is C=C(CC(O)(CC)CC)C(O)(CC)CC. The van der Waals surface area contributed by atoms with Gasteiger partial charge in [-0.25, -0.2) is 0 Å². The van der Waals surface area contributed by atoms with Gasteiger partial charge >= 0.3 is 0 Å². The maximum absolute atomic E-state index is 10.2. The zero-order valence-electron chi connectivity index (χ0n) is 10.6. The van der Waals surface area contributed by atoms with Gasteiger partial charge in [0.1, 0.15) is 0 Å².